The second kappa shape index (κ2) is 5.09. The number of amides is 1. The molecule has 1 aliphatic rings. The van der Waals surface area contributed by atoms with Gasteiger partial charge in [0, 0.05) is 18.8 Å². The smallest absolute Gasteiger partial charge is 0.241 e. The summed E-state index contributed by atoms with van der Waals surface area (Å²) in [5.74, 6) is 0.0402. The lowest BCUT2D eigenvalue weighted by Crippen LogP contribution is -2.41. The van der Waals surface area contributed by atoms with Crippen LogP contribution in [0.4, 0.5) is 5.69 Å². The van der Waals surface area contributed by atoms with E-state index in [1.54, 1.807) is 0 Å². The van der Waals surface area contributed by atoms with Crippen molar-refractivity contribution < 1.29 is 4.79 Å². The Hall–Kier alpha value is -1.39. The van der Waals surface area contributed by atoms with Crippen molar-refractivity contribution in [1.29, 1.82) is 0 Å². The Morgan fingerprint density at radius 2 is 2.25 bits per heavy atom. The minimum Gasteiger partial charge on any atom is -0.329 e. The molecule has 0 aliphatic carbocycles. The molecule has 0 aromatic heterocycles. The van der Waals surface area contributed by atoms with Gasteiger partial charge in [-0.2, -0.15) is 0 Å². The van der Waals surface area contributed by atoms with Crippen LogP contribution in [0.2, 0.25) is 0 Å². The molecule has 86 valence electrons. The van der Waals surface area contributed by atoms with Crippen LogP contribution in [0.15, 0.2) is 24.3 Å². The highest BCUT2D eigenvalue weighted by molar-refractivity contribution is 5.96. The number of nitrogens with two attached hydrogens (primary N) is 1. The molecule has 0 spiro atoms. The van der Waals surface area contributed by atoms with Crippen LogP contribution < -0.4 is 16.4 Å². The first kappa shape index (κ1) is 11.1. The van der Waals surface area contributed by atoms with Crippen molar-refractivity contribution in [2.45, 2.75) is 18.9 Å². The zero-order valence-electron chi connectivity index (χ0n) is 9.20. The fourth-order valence-electron chi connectivity index (χ4n) is 1.96. The summed E-state index contributed by atoms with van der Waals surface area (Å²) in [5.41, 5.74) is 7.56. The first-order valence-corrected chi connectivity index (χ1v) is 5.63. The van der Waals surface area contributed by atoms with Crippen LogP contribution in [0, 0.1) is 0 Å². The fraction of sp³-hybridized carbons (Fsp3) is 0.417. The van der Waals surface area contributed by atoms with Crippen molar-refractivity contribution in [1.82, 2.24) is 5.32 Å². The van der Waals surface area contributed by atoms with Crippen molar-refractivity contribution in [3.8, 4) is 0 Å². The van der Waals surface area contributed by atoms with E-state index in [2.05, 4.69) is 16.7 Å². The number of carbonyl (C=O) groups excluding carboxylic acids is 1. The summed E-state index contributed by atoms with van der Waals surface area (Å²) in [6, 6.07) is 7.81. The number of aryl methyl sites for hydroxylation is 1. The maximum atomic E-state index is 11.9. The lowest BCUT2D eigenvalue weighted by atomic mass is 10.1. The fourth-order valence-corrected chi connectivity index (χ4v) is 1.96. The first-order chi connectivity index (χ1) is 7.81. The molecule has 4 heteroatoms. The van der Waals surface area contributed by atoms with Gasteiger partial charge in [0.25, 0.3) is 0 Å². The SMILES string of the molecule is NCCNC1CCc2ccccc2NC1=O. The Morgan fingerprint density at radius 1 is 1.44 bits per heavy atom. The Bertz CT molecular complexity index is 378. The minimum absolute atomic E-state index is 0.0402. The van der Waals surface area contributed by atoms with Crippen LogP contribution >= 0.6 is 0 Å². The van der Waals surface area contributed by atoms with Gasteiger partial charge in [-0.25, -0.2) is 0 Å². The highest BCUT2D eigenvalue weighted by atomic mass is 16.2. The second-order valence-corrected chi connectivity index (χ2v) is 3.98. The number of hydrogen-bond acceptors (Lipinski definition) is 3. The number of fused-ring (bicyclic) bond motifs is 1. The van der Waals surface area contributed by atoms with Crippen molar-refractivity contribution in [3.05, 3.63) is 29.8 Å². The molecule has 4 N–H and O–H groups in total. The predicted octanol–water partition coefficient (Wildman–Crippen LogP) is 0.488. The first-order valence-electron chi connectivity index (χ1n) is 5.63. The summed E-state index contributed by atoms with van der Waals surface area (Å²) in [7, 11) is 0. The lowest BCUT2D eigenvalue weighted by molar-refractivity contribution is -0.118. The Labute approximate surface area is 95.2 Å². The molecular formula is C12H17N3O. The molecule has 1 unspecified atom stereocenters. The molecule has 1 aromatic rings. The summed E-state index contributed by atoms with van der Waals surface area (Å²) in [5, 5.41) is 6.10. The number of benzene rings is 1. The third-order valence-corrected chi connectivity index (χ3v) is 2.83. The van der Waals surface area contributed by atoms with E-state index in [1.165, 1.54) is 5.56 Å². The highest BCUT2D eigenvalue weighted by Crippen LogP contribution is 2.21. The molecule has 1 aromatic carbocycles. The van der Waals surface area contributed by atoms with Gasteiger partial charge in [-0.05, 0) is 24.5 Å². The second-order valence-electron chi connectivity index (χ2n) is 3.98. The molecule has 1 heterocycles. The minimum atomic E-state index is -0.129. The summed E-state index contributed by atoms with van der Waals surface area (Å²) in [6.07, 6.45) is 1.74. The van der Waals surface area contributed by atoms with Gasteiger partial charge >= 0.3 is 0 Å². The van der Waals surface area contributed by atoms with Crippen molar-refractivity contribution in [2.24, 2.45) is 5.73 Å². The number of anilines is 1. The van der Waals surface area contributed by atoms with E-state index in [0.29, 0.717) is 13.1 Å². The van der Waals surface area contributed by atoms with Gasteiger partial charge in [0.2, 0.25) is 5.91 Å². The van der Waals surface area contributed by atoms with E-state index in [0.717, 1.165) is 18.5 Å². The third-order valence-electron chi connectivity index (χ3n) is 2.83. The van der Waals surface area contributed by atoms with Gasteiger partial charge in [0.05, 0.1) is 6.04 Å². The maximum Gasteiger partial charge on any atom is 0.241 e. The van der Waals surface area contributed by atoms with Crippen molar-refractivity contribution in [2.75, 3.05) is 18.4 Å². The summed E-state index contributed by atoms with van der Waals surface area (Å²) in [4.78, 5) is 11.9. The summed E-state index contributed by atoms with van der Waals surface area (Å²) >= 11 is 0. The average molecular weight is 219 g/mol. The molecule has 1 amide bonds. The van der Waals surface area contributed by atoms with E-state index in [-0.39, 0.29) is 11.9 Å². The van der Waals surface area contributed by atoms with Gasteiger partial charge in [0.15, 0.2) is 0 Å². The number of para-hydroxylation sites is 1. The van der Waals surface area contributed by atoms with Crippen LogP contribution in [0.25, 0.3) is 0 Å². The van der Waals surface area contributed by atoms with Crippen LogP contribution in [0.5, 0.6) is 0 Å². The third kappa shape index (κ3) is 2.40. The van der Waals surface area contributed by atoms with E-state index in [9.17, 15) is 4.79 Å². The predicted molar refractivity (Wildman–Crippen MR) is 64.2 cm³/mol. The Kier molecular flexibility index (Phi) is 3.54. The summed E-state index contributed by atoms with van der Waals surface area (Å²) < 4.78 is 0. The molecular weight excluding hydrogens is 202 g/mol. The molecule has 1 aliphatic heterocycles. The van der Waals surface area contributed by atoms with Crippen LogP contribution in [-0.2, 0) is 11.2 Å². The molecule has 0 saturated heterocycles. The van der Waals surface area contributed by atoms with Crippen molar-refractivity contribution in [3.63, 3.8) is 0 Å². The van der Waals surface area contributed by atoms with Crippen LogP contribution in [0.1, 0.15) is 12.0 Å². The zero-order valence-corrected chi connectivity index (χ0v) is 9.20. The van der Waals surface area contributed by atoms with E-state index in [1.807, 2.05) is 18.2 Å². The molecule has 0 fully saturated rings. The van der Waals surface area contributed by atoms with Gasteiger partial charge < -0.3 is 16.4 Å². The Morgan fingerprint density at radius 3 is 3.06 bits per heavy atom. The van der Waals surface area contributed by atoms with E-state index >= 15 is 0 Å². The van der Waals surface area contributed by atoms with Crippen molar-refractivity contribution >= 4 is 11.6 Å². The topological polar surface area (TPSA) is 67.2 Å². The van der Waals surface area contributed by atoms with Gasteiger partial charge in [-0.15, -0.1) is 0 Å². The zero-order chi connectivity index (χ0) is 11.4. The summed E-state index contributed by atoms with van der Waals surface area (Å²) in [6.45, 7) is 1.23. The largest absolute Gasteiger partial charge is 0.329 e. The quantitative estimate of drug-likeness (QED) is 0.693. The highest BCUT2D eigenvalue weighted by Gasteiger charge is 2.22. The van der Waals surface area contributed by atoms with Gasteiger partial charge in [-0.3, -0.25) is 4.79 Å². The standard InChI is InChI=1S/C12H17N3O/c13-7-8-14-11-6-5-9-3-1-2-4-10(9)15-12(11)16/h1-4,11,14H,5-8,13H2,(H,15,16). The molecule has 0 bridgehead atoms. The van der Waals surface area contributed by atoms with E-state index in [4.69, 9.17) is 5.73 Å². The number of carbonyl (C=O) groups is 1. The molecule has 4 nitrogen and oxygen atoms in total. The Balaban J connectivity index is 2.09. The number of rotatable bonds is 3. The number of hydrogen-bond donors (Lipinski definition) is 3. The maximum absolute atomic E-state index is 11.9. The molecule has 1 atom stereocenters. The number of nitrogens with one attached hydrogen (secondary N) is 2. The van der Waals surface area contributed by atoms with E-state index < -0.39 is 0 Å². The monoisotopic (exact) mass is 219 g/mol. The normalized spacial score (nSPS) is 19.8. The molecule has 16 heavy (non-hydrogen) atoms. The lowest BCUT2D eigenvalue weighted by Gasteiger charge is -2.14. The average Bonchev–Trinajstić information content (AvgIpc) is 2.45. The van der Waals surface area contributed by atoms with Crippen LogP contribution in [-0.4, -0.2) is 25.0 Å². The molecule has 2 rings (SSSR count). The van der Waals surface area contributed by atoms with Gasteiger partial charge in [-0.1, -0.05) is 18.2 Å². The van der Waals surface area contributed by atoms with Gasteiger partial charge in [0.1, 0.15) is 0 Å². The van der Waals surface area contributed by atoms with Crippen LogP contribution in [0.3, 0.4) is 0 Å². The molecule has 0 radical (unpaired) electrons. The molecule has 0 saturated carbocycles.